The van der Waals surface area contributed by atoms with Gasteiger partial charge in [-0.3, -0.25) is 9.59 Å². The predicted octanol–water partition coefficient (Wildman–Crippen LogP) is 3.17. The van der Waals surface area contributed by atoms with Crippen LogP contribution in [0.15, 0.2) is 46.8 Å². The van der Waals surface area contributed by atoms with Gasteiger partial charge in [-0.25, -0.2) is 0 Å². The molecule has 0 spiro atoms. The maximum absolute atomic E-state index is 13.4. The monoisotopic (exact) mass is 386 g/mol. The first-order valence-electron chi connectivity index (χ1n) is 9.43. The van der Waals surface area contributed by atoms with Gasteiger partial charge in [-0.2, -0.15) is 0 Å². The number of morpholine rings is 1. The summed E-state index contributed by atoms with van der Waals surface area (Å²) in [6, 6.07) is 7.48. The van der Waals surface area contributed by atoms with Crippen LogP contribution in [-0.4, -0.2) is 42.9 Å². The maximum atomic E-state index is 13.4. The maximum Gasteiger partial charge on any atom is 0.252 e. The first-order chi connectivity index (χ1) is 13.1. The minimum atomic E-state index is -0.346. The molecule has 0 saturated carbocycles. The van der Waals surface area contributed by atoms with Crippen molar-refractivity contribution in [1.29, 1.82) is 0 Å². The number of hydrogen-bond acceptors (Lipinski definition) is 4. The minimum absolute atomic E-state index is 0.0202. The quantitative estimate of drug-likeness (QED) is 0.848. The molecule has 1 aromatic rings. The lowest BCUT2D eigenvalue weighted by Crippen LogP contribution is -2.44. The summed E-state index contributed by atoms with van der Waals surface area (Å²) in [6.07, 6.45) is 2.21. The number of carbonyl (C=O) groups excluding carboxylic acids is 2. The average molecular weight is 387 g/mol. The van der Waals surface area contributed by atoms with E-state index in [9.17, 15) is 9.59 Å². The SMILES string of the molecule is CC1=C(C(=O)N2CCOCC2)[C@@H](c2ccc(Cl)cc2)C2=C(CCCC2=O)N1. The Balaban J connectivity index is 1.80. The number of ketones is 1. The Bertz CT molecular complexity index is 835. The van der Waals surface area contributed by atoms with E-state index in [2.05, 4.69) is 5.32 Å². The number of nitrogens with one attached hydrogen (secondary N) is 1. The van der Waals surface area contributed by atoms with Crippen molar-refractivity contribution in [3.63, 3.8) is 0 Å². The second-order valence-electron chi connectivity index (χ2n) is 7.22. The Morgan fingerprint density at radius 2 is 1.89 bits per heavy atom. The topological polar surface area (TPSA) is 58.6 Å². The van der Waals surface area contributed by atoms with Gasteiger partial charge in [0, 0.05) is 53.0 Å². The summed E-state index contributed by atoms with van der Waals surface area (Å²) in [6.45, 7) is 4.17. The van der Waals surface area contributed by atoms with Gasteiger partial charge < -0.3 is 15.0 Å². The number of hydrogen-bond donors (Lipinski definition) is 1. The molecule has 1 amide bonds. The highest BCUT2D eigenvalue weighted by Crippen LogP contribution is 2.42. The van der Waals surface area contributed by atoms with Gasteiger partial charge >= 0.3 is 0 Å². The molecule has 0 unspecified atom stereocenters. The summed E-state index contributed by atoms with van der Waals surface area (Å²) in [5.41, 5.74) is 4.13. The molecular weight excluding hydrogens is 364 g/mol. The standard InChI is InChI=1S/C21H23ClN2O3/c1-13-18(21(26)24-9-11-27-12-10-24)19(14-5-7-15(22)8-6-14)20-16(23-13)3-2-4-17(20)25/h5-8,19,23H,2-4,9-12H2,1H3/t19-/m1/s1. The zero-order valence-electron chi connectivity index (χ0n) is 15.4. The molecule has 2 heterocycles. The lowest BCUT2D eigenvalue weighted by atomic mass is 9.75. The molecule has 0 aromatic heterocycles. The Kier molecular flexibility index (Phi) is 5.06. The highest BCUT2D eigenvalue weighted by molar-refractivity contribution is 6.30. The number of nitrogens with zero attached hydrogens (tertiary/aromatic N) is 1. The van der Waals surface area contributed by atoms with E-state index >= 15 is 0 Å². The molecule has 5 nitrogen and oxygen atoms in total. The fourth-order valence-electron chi connectivity index (χ4n) is 4.19. The number of Topliss-reactive ketones (excluding diaryl/α,β-unsaturated/α-hetero) is 1. The predicted molar refractivity (Wildman–Crippen MR) is 103 cm³/mol. The third-order valence-corrected chi connectivity index (χ3v) is 5.76. The van der Waals surface area contributed by atoms with Gasteiger partial charge in [0.05, 0.1) is 13.2 Å². The van der Waals surface area contributed by atoms with Crippen molar-refractivity contribution >= 4 is 23.3 Å². The molecule has 27 heavy (non-hydrogen) atoms. The van der Waals surface area contributed by atoms with Crippen LogP contribution in [0.3, 0.4) is 0 Å². The van der Waals surface area contributed by atoms with E-state index < -0.39 is 0 Å². The highest BCUT2D eigenvalue weighted by atomic mass is 35.5. The van der Waals surface area contributed by atoms with Crippen molar-refractivity contribution in [3.05, 3.63) is 57.4 Å². The van der Waals surface area contributed by atoms with E-state index in [1.54, 1.807) is 0 Å². The molecule has 2 aliphatic heterocycles. The fraction of sp³-hybridized carbons (Fsp3) is 0.429. The summed E-state index contributed by atoms with van der Waals surface area (Å²) in [4.78, 5) is 28.1. The summed E-state index contributed by atoms with van der Waals surface area (Å²) >= 11 is 6.07. The second-order valence-corrected chi connectivity index (χ2v) is 7.66. The van der Waals surface area contributed by atoms with Gasteiger partial charge in [-0.15, -0.1) is 0 Å². The van der Waals surface area contributed by atoms with Crippen molar-refractivity contribution in [1.82, 2.24) is 10.2 Å². The van der Waals surface area contributed by atoms with E-state index in [-0.39, 0.29) is 17.6 Å². The molecule has 1 aromatic carbocycles. The zero-order valence-corrected chi connectivity index (χ0v) is 16.1. The van der Waals surface area contributed by atoms with Gasteiger partial charge in [-0.1, -0.05) is 23.7 Å². The number of ether oxygens (including phenoxy) is 1. The lowest BCUT2D eigenvalue weighted by Gasteiger charge is -2.37. The van der Waals surface area contributed by atoms with Crippen LogP contribution in [-0.2, 0) is 14.3 Å². The van der Waals surface area contributed by atoms with Crippen molar-refractivity contribution in [2.45, 2.75) is 32.1 Å². The number of amides is 1. The molecule has 0 radical (unpaired) electrons. The number of allylic oxidation sites excluding steroid dienone is 3. The molecule has 1 N–H and O–H groups in total. The van der Waals surface area contributed by atoms with E-state index in [4.69, 9.17) is 16.3 Å². The number of halogens is 1. The molecule has 1 saturated heterocycles. The van der Waals surface area contributed by atoms with E-state index in [0.717, 1.165) is 35.4 Å². The summed E-state index contributed by atoms with van der Waals surface area (Å²) < 4.78 is 5.39. The summed E-state index contributed by atoms with van der Waals surface area (Å²) in [5, 5.41) is 4.00. The number of rotatable bonds is 2. The van der Waals surface area contributed by atoms with Crippen LogP contribution in [0.5, 0.6) is 0 Å². The highest BCUT2D eigenvalue weighted by Gasteiger charge is 2.39. The van der Waals surface area contributed by atoms with Crippen molar-refractivity contribution < 1.29 is 14.3 Å². The third-order valence-electron chi connectivity index (χ3n) is 5.51. The number of dihydropyridines is 1. The Labute approximate surface area is 164 Å². The van der Waals surface area contributed by atoms with Crippen LogP contribution < -0.4 is 5.32 Å². The number of carbonyl (C=O) groups is 2. The Morgan fingerprint density at radius 3 is 2.59 bits per heavy atom. The van der Waals surface area contributed by atoms with Gasteiger partial charge in [0.15, 0.2) is 5.78 Å². The molecule has 0 bridgehead atoms. The minimum Gasteiger partial charge on any atom is -0.378 e. The Morgan fingerprint density at radius 1 is 1.19 bits per heavy atom. The largest absolute Gasteiger partial charge is 0.378 e. The zero-order chi connectivity index (χ0) is 19.0. The van der Waals surface area contributed by atoms with Crippen LogP contribution in [0.4, 0.5) is 0 Å². The molecule has 1 fully saturated rings. The smallest absolute Gasteiger partial charge is 0.252 e. The Hall–Kier alpha value is -2.11. The first-order valence-corrected chi connectivity index (χ1v) is 9.80. The normalized spacial score (nSPS) is 23.3. The molecule has 1 atom stereocenters. The van der Waals surface area contributed by atoms with Crippen LogP contribution in [0.25, 0.3) is 0 Å². The van der Waals surface area contributed by atoms with Crippen LogP contribution in [0.1, 0.15) is 37.7 Å². The van der Waals surface area contributed by atoms with Crippen molar-refractivity contribution in [2.24, 2.45) is 0 Å². The average Bonchev–Trinajstić information content (AvgIpc) is 2.68. The molecule has 142 valence electrons. The molecular formula is C21H23ClN2O3. The van der Waals surface area contributed by atoms with Crippen LogP contribution >= 0.6 is 11.6 Å². The summed E-state index contributed by atoms with van der Waals surface area (Å²) in [5.74, 6) is -0.238. The summed E-state index contributed by atoms with van der Waals surface area (Å²) in [7, 11) is 0. The van der Waals surface area contributed by atoms with E-state index in [0.29, 0.717) is 43.3 Å². The van der Waals surface area contributed by atoms with Gasteiger partial charge in [0.2, 0.25) is 0 Å². The molecule has 1 aliphatic carbocycles. The van der Waals surface area contributed by atoms with Crippen LogP contribution in [0, 0.1) is 0 Å². The van der Waals surface area contributed by atoms with Gasteiger partial charge in [0.1, 0.15) is 0 Å². The van der Waals surface area contributed by atoms with E-state index in [1.165, 1.54) is 0 Å². The van der Waals surface area contributed by atoms with Gasteiger partial charge in [-0.05, 0) is 37.5 Å². The fourth-order valence-corrected chi connectivity index (χ4v) is 4.32. The van der Waals surface area contributed by atoms with Crippen molar-refractivity contribution in [2.75, 3.05) is 26.3 Å². The third kappa shape index (κ3) is 3.42. The first kappa shape index (κ1) is 18.3. The van der Waals surface area contributed by atoms with Crippen molar-refractivity contribution in [3.8, 4) is 0 Å². The van der Waals surface area contributed by atoms with Crippen LogP contribution in [0.2, 0.25) is 5.02 Å². The molecule has 4 rings (SSSR count). The molecule has 6 heteroatoms. The van der Waals surface area contributed by atoms with Gasteiger partial charge in [0.25, 0.3) is 5.91 Å². The number of benzene rings is 1. The second kappa shape index (κ2) is 7.49. The van der Waals surface area contributed by atoms with E-state index in [1.807, 2.05) is 36.1 Å². The lowest BCUT2D eigenvalue weighted by molar-refractivity contribution is -0.131. The molecule has 3 aliphatic rings.